The highest BCUT2D eigenvalue weighted by atomic mass is 79.9. The third kappa shape index (κ3) is 3.27. The van der Waals surface area contributed by atoms with Crippen molar-refractivity contribution in [1.29, 1.82) is 0 Å². The van der Waals surface area contributed by atoms with Gasteiger partial charge in [0, 0.05) is 6.07 Å². The number of aliphatic hydroxyl groups is 1. The van der Waals surface area contributed by atoms with Gasteiger partial charge in [0.1, 0.15) is 4.47 Å². The van der Waals surface area contributed by atoms with Crippen molar-refractivity contribution in [3.63, 3.8) is 0 Å². The Balaban J connectivity index is 2.99. The lowest BCUT2D eigenvalue weighted by atomic mass is 10.1. The van der Waals surface area contributed by atoms with Gasteiger partial charge in [-0.1, -0.05) is 13.0 Å². The summed E-state index contributed by atoms with van der Waals surface area (Å²) < 4.78 is 0.139. The first-order valence-corrected chi connectivity index (χ1v) is 6.15. The minimum absolute atomic E-state index is 0.139. The summed E-state index contributed by atoms with van der Waals surface area (Å²) in [5.41, 5.74) is 0.01000. The molecule has 0 fully saturated rings. The molecule has 2 N–H and O–H groups in total. The average molecular weight is 317 g/mol. The molecule has 1 aromatic carbocycles. The molecule has 0 heterocycles. The van der Waals surface area contributed by atoms with Gasteiger partial charge >= 0.3 is 0 Å². The molecule has 6 nitrogen and oxygen atoms in total. The average Bonchev–Trinajstić information content (AvgIpc) is 2.35. The fourth-order valence-electron chi connectivity index (χ4n) is 1.38. The van der Waals surface area contributed by atoms with Gasteiger partial charge in [-0.25, -0.2) is 0 Å². The van der Waals surface area contributed by atoms with E-state index in [1.807, 2.05) is 6.92 Å². The number of benzene rings is 1. The van der Waals surface area contributed by atoms with Crippen LogP contribution < -0.4 is 5.32 Å². The number of aliphatic hydroxyl groups excluding tert-OH is 1. The number of nitrogens with zero attached hydrogens (tertiary/aromatic N) is 1. The van der Waals surface area contributed by atoms with E-state index in [-0.39, 0.29) is 28.4 Å². The molecule has 1 amide bonds. The van der Waals surface area contributed by atoms with Crippen LogP contribution >= 0.6 is 15.9 Å². The van der Waals surface area contributed by atoms with Gasteiger partial charge < -0.3 is 10.4 Å². The molecule has 0 unspecified atom stereocenters. The number of hydrogen-bond donors (Lipinski definition) is 2. The molecule has 0 bridgehead atoms. The molecule has 0 aliphatic rings. The lowest BCUT2D eigenvalue weighted by Gasteiger charge is -2.14. The van der Waals surface area contributed by atoms with E-state index in [1.165, 1.54) is 18.2 Å². The van der Waals surface area contributed by atoms with Gasteiger partial charge in [-0.2, -0.15) is 0 Å². The summed E-state index contributed by atoms with van der Waals surface area (Å²) in [6.07, 6.45) is 0.578. The lowest BCUT2D eigenvalue weighted by molar-refractivity contribution is -0.385. The van der Waals surface area contributed by atoms with E-state index in [0.29, 0.717) is 6.42 Å². The van der Waals surface area contributed by atoms with Crippen LogP contribution in [0.3, 0.4) is 0 Å². The summed E-state index contributed by atoms with van der Waals surface area (Å²) in [7, 11) is 0. The maximum atomic E-state index is 11.9. The van der Waals surface area contributed by atoms with E-state index in [0.717, 1.165) is 0 Å². The molecule has 0 aliphatic carbocycles. The standard InChI is InChI=1S/C11H13BrN2O4/c1-2-7(6-15)13-11(16)8-4-3-5-9(10(8)12)14(17)18/h3-5,7,15H,2,6H2,1H3,(H,13,16)/t7-/m1/s1. The minimum atomic E-state index is -0.565. The molecular formula is C11H13BrN2O4. The van der Waals surface area contributed by atoms with Crippen LogP contribution in [0.5, 0.6) is 0 Å². The normalized spacial score (nSPS) is 11.9. The maximum absolute atomic E-state index is 11.9. The molecule has 1 aromatic rings. The smallest absolute Gasteiger partial charge is 0.284 e. The highest BCUT2D eigenvalue weighted by Gasteiger charge is 2.20. The molecular weight excluding hydrogens is 304 g/mol. The molecule has 1 rings (SSSR count). The molecule has 0 aromatic heterocycles. The third-order valence-corrected chi connectivity index (χ3v) is 3.30. The summed E-state index contributed by atoms with van der Waals surface area (Å²) in [6, 6.07) is 3.88. The number of nitrogens with one attached hydrogen (secondary N) is 1. The van der Waals surface area contributed by atoms with E-state index in [4.69, 9.17) is 5.11 Å². The van der Waals surface area contributed by atoms with E-state index in [2.05, 4.69) is 21.2 Å². The Morgan fingerprint density at radius 2 is 2.28 bits per heavy atom. The van der Waals surface area contributed by atoms with Crippen LogP contribution in [0.25, 0.3) is 0 Å². The quantitative estimate of drug-likeness (QED) is 0.640. The van der Waals surface area contributed by atoms with Crippen molar-refractivity contribution < 1.29 is 14.8 Å². The van der Waals surface area contributed by atoms with Gasteiger partial charge in [-0.3, -0.25) is 14.9 Å². The fourth-order valence-corrected chi connectivity index (χ4v) is 1.97. The number of rotatable bonds is 5. The first-order chi connectivity index (χ1) is 8.51. The largest absolute Gasteiger partial charge is 0.394 e. The Kier molecular flexibility index (Phi) is 5.24. The van der Waals surface area contributed by atoms with Crippen molar-refractivity contribution in [3.05, 3.63) is 38.3 Å². The van der Waals surface area contributed by atoms with Crippen molar-refractivity contribution >= 4 is 27.5 Å². The summed E-state index contributed by atoms with van der Waals surface area (Å²) in [6.45, 7) is 1.65. The minimum Gasteiger partial charge on any atom is -0.394 e. The van der Waals surface area contributed by atoms with Crippen molar-refractivity contribution in [2.75, 3.05) is 6.61 Å². The predicted octanol–water partition coefficient (Wildman–Crippen LogP) is 1.86. The number of nitro groups is 1. The van der Waals surface area contributed by atoms with Gasteiger partial charge in [-0.05, 0) is 28.4 Å². The van der Waals surface area contributed by atoms with E-state index >= 15 is 0 Å². The zero-order valence-corrected chi connectivity index (χ0v) is 11.3. The molecule has 7 heteroatoms. The summed E-state index contributed by atoms with van der Waals surface area (Å²) in [5, 5.41) is 22.3. The highest BCUT2D eigenvalue weighted by Crippen LogP contribution is 2.28. The van der Waals surface area contributed by atoms with Crippen molar-refractivity contribution in [2.45, 2.75) is 19.4 Å². The molecule has 1 atom stereocenters. The van der Waals surface area contributed by atoms with Gasteiger partial charge in [-0.15, -0.1) is 0 Å². The zero-order valence-electron chi connectivity index (χ0n) is 9.72. The molecule has 18 heavy (non-hydrogen) atoms. The number of carbonyl (C=O) groups is 1. The Bertz CT molecular complexity index is 460. The zero-order chi connectivity index (χ0) is 13.7. The van der Waals surface area contributed by atoms with Crippen LogP contribution in [-0.2, 0) is 0 Å². The first kappa shape index (κ1) is 14.6. The van der Waals surface area contributed by atoms with E-state index in [9.17, 15) is 14.9 Å². The van der Waals surface area contributed by atoms with Crippen LogP contribution in [-0.4, -0.2) is 28.6 Å². The number of carbonyl (C=O) groups excluding carboxylic acids is 1. The summed E-state index contributed by atoms with van der Waals surface area (Å²) in [5.74, 6) is -0.452. The molecule has 0 saturated carbocycles. The summed E-state index contributed by atoms with van der Waals surface area (Å²) in [4.78, 5) is 22.1. The SMILES string of the molecule is CC[C@H](CO)NC(=O)c1cccc([N+](=O)[O-])c1Br. The molecule has 0 aliphatic heterocycles. The fraction of sp³-hybridized carbons (Fsp3) is 0.364. The molecule has 0 radical (unpaired) electrons. The van der Waals surface area contributed by atoms with Crippen LogP contribution in [0.4, 0.5) is 5.69 Å². The Labute approximate surface area is 112 Å². The molecule has 98 valence electrons. The van der Waals surface area contributed by atoms with Crippen molar-refractivity contribution in [1.82, 2.24) is 5.32 Å². The van der Waals surface area contributed by atoms with Gasteiger partial charge in [0.25, 0.3) is 11.6 Å². The second-order valence-electron chi connectivity index (χ2n) is 3.66. The van der Waals surface area contributed by atoms with Crippen LogP contribution in [0, 0.1) is 10.1 Å². The van der Waals surface area contributed by atoms with E-state index < -0.39 is 10.8 Å². The van der Waals surface area contributed by atoms with Gasteiger partial charge in [0.2, 0.25) is 0 Å². The molecule has 0 saturated heterocycles. The predicted molar refractivity (Wildman–Crippen MR) is 69.4 cm³/mol. The monoisotopic (exact) mass is 316 g/mol. The number of amides is 1. The third-order valence-electron chi connectivity index (χ3n) is 2.47. The first-order valence-electron chi connectivity index (χ1n) is 5.35. The van der Waals surface area contributed by atoms with Crippen molar-refractivity contribution in [2.24, 2.45) is 0 Å². The Morgan fingerprint density at radius 1 is 1.61 bits per heavy atom. The number of nitro benzene ring substituents is 1. The van der Waals surface area contributed by atoms with Crippen LogP contribution in [0.1, 0.15) is 23.7 Å². The van der Waals surface area contributed by atoms with Gasteiger partial charge in [0.05, 0.1) is 23.1 Å². The van der Waals surface area contributed by atoms with Crippen molar-refractivity contribution in [3.8, 4) is 0 Å². The topological polar surface area (TPSA) is 92.5 Å². The number of halogens is 1. The maximum Gasteiger partial charge on any atom is 0.284 e. The molecule has 0 spiro atoms. The number of hydrogen-bond acceptors (Lipinski definition) is 4. The highest BCUT2D eigenvalue weighted by molar-refractivity contribution is 9.10. The van der Waals surface area contributed by atoms with E-state index in [1.54, 1.807) is 0 Å². The second kappa shape index (κ2) is 6.46. The Hall–Kier alpha value is -1.47. The second-order valence-corrected chi connectivity index (χ2v) is 4.45. The summed E-state index contributed by atoms with van der Waals surface area (Å²) >= 11 is 3.05. The van der Waals surface area contributed by atoms with Crippen LogP contribution in [0.2, 0.25) is 0 Å². The Morgan fingerprint density at radius 3 is 2.78 bits per heavy atom. The van der Waals surface area contributed by atoms with Crippen LogP contribution in [0.15, 0.2) is 22.7 Å². The van der Waals surface area contributed by atoms with Gasteiger partial charge in [0.15, 0.2) is 0 Å². The lowest BCUT2D eigenvalue weighted by Crippen LogP contribution is -2.37.